The maximum atomic E-state index is 13.6. The normalized spacial score (nSPS) is 20.6. The second kappa shape index (κ2) is 11.3. The first-order chi connectivity index (χ1) is 13.9. The Balaban J connectivity index is 0.00000320. The van der Waals surface area contributed by atoms with Gasteiger partial charge in [-0.1, -0.05) is 45.2 Å². The predicted molar refractivity (Wildman–Crippen MR) is 131 cm³/mol. The van der Waals surface area contributed by atoms with E-state index in [0.717, 1.165) is 43.9 Å². The number of carbonyl (C=O) groups is 1. The van der Waals surface area contributed by atoms with E-state index in [1.165, 1.54) is 25.3 Å². The topological polar surface area (TPSA) is 56.7 Å². The molecule has 1 aliphatic heterocycles. The molecular formula is C23H36FIN4O. The Morgan fingerprint density at radius 2 is 1.97 bits per heavy atom. The second-order valence-electron chi connectivity index (χ2n) is 9.07. The molecule has 0 bridgehead atoms. The van der Waals surface area contributed by atoms with E-state index in [-0.39, 0.29) is 47.2 Å². The lowest BCUT2D eigenvalue weighted by Crippen LogP contribution is -2.48. The standard InChI is InChI=1S/C23H35FN4O.HI/c1-23(2,18-10-7-11-19(24)14-18)16-26-22(25-3)27-20-12-13-28(15-20)21(29)17-8-5-4-6-9-17;/h7,10-11,14,17,20H,4-6,8-9,12-13,15-16H2,1-3H3,(H2,25,26,27);1H. The van der Waals surface area contributed by atoms with Crippen molar-refractivity contribution in [2.45, 2.75) is 63.8 Å². The molecule has 1 atom stereocenters. The van der Waals surface area contributed by atoms with Crippen LogP contribution in [0.1, 0.15) is 57.9 Å². The lowest BCUT2D eigenvalue weighted by atomic mass is 9.84. The summed E-state index contributed by atoms with van der Waals surface area (Å²) in [4.78, 5) is 19.1. The third-order valence-electron chi connectivity index (χ3n) is 6.32. The summed E-state index contributed by atoms with van der Waals surface area (Å²) < 4.78 is 13.6. The molecule has 2 aliphatic rings. The second-order valence-corrected chi connectivity index (χ2v) is 9.07. The number of rotatable bonds is 5. The SMILES string of the molecule is CN=C(NCC(C)(C)c1cccc(F)c1)NC1CCN(C(=O)C2CCCCC2)C1.I. The first-order valence-corrected chi connectivity index (χ1v) is 10.9. The first-order valence-electron chi connectivity index (χ1n) is 10.9. The van der Waals surface area contributed by atoms with Crippen LogP contribution in [0.15, 0.2) is 29.3 Å². The van der Waals surface area contributed by atoms with Gasteiger partial charge in [-0.15, -0.1) is 24.0 Å². The molecule has 0 aromatic heterocycles. The summed E-state index contributed by atoms with van der Waals surface area (Å²) >= 11 is 0. The van der Waals surface area contributed by atoms with Crippen molar-refractivity contribution in [3.8, 4) is 0 Å². The molecule has 2 fully saturated rings. The monoisotopic (exact) mass is 530 g/mol. The fourth-order valence-corrected chi connectivity index (χ4v) is 4.39. The first kappa shape index (κ1) is 24.9. The van der Waals surface area contributed by atoms with Gasteiger partial charge in [-0.3, -0.25) is 9.79 Å². The molecule has 2 N–H and O–H groups in total. The van der Waals surface area contributed by atoms with Crippen LogP contribution in [-0.4, -0.2) is 49.5 Å². The van der Waals surface area contributed by atoms with E-state index in [1.54, 1.807) is 19.2 Å². The van der Waals surface area contributed by atoms with Crippen LogP contribution in [0.25, 0.3) is 0 Å². The van der Waals surface area contributed by atoms with Crippen molar-refractivity contribution in [3.63, 3.8) is 0 Å². The van der Waals surface area contributed by atoms with Crippen molar-refractivity contribution in [1.82, 2.24) is 15.5 Å². The molecule has 30 heavy (non-hydrogen) atoms. The Labute approximate surface area is 197 Å². The van der Waals surface area contributed by atoms with Gasteiger partial charge in [0.2, 0.25) is 5.91 Å². The quantitative estimate of drug-likeness (QED) is 0.343. The van der Waals surface area contributed by atoms with Gasteiger partial charge in [0, 0.05) is 44.1 Å². The number of hydrogen-bond acceptors (Lipinski definition) is 2. The molecule has 1 saturated heterocycles. The van der Waals surface area contributed by atoms with Crippen molar-refractivity contribution < 1.29 is 9.18 Å². The highest BCUT2D eigenvalue weighted by Gasteiger charge is 2.32. The molecule has 0 radical (unpaired) electrons. The molecule has 1 heterocycles. The average molecular weight is 530 g/mol. The zero-order valence-electron chi connectivity index (χ0n) is 18.4. The summed E-state index contributed by atoms with van der Waals surface area (Å²) in [5.74, 6) is 1.08. The van der Waals surface area contributed by atoms with Crippen LogP contribution in [0.4, 0.5) is 4.39 Å². The number of aliphatic imine (C=N–C) groups is 1. The third-order valence-corrected chi connectivity index (χ3v) is 6.32. The van der Waals surface area contributed by atoms with Gasteiger partial charge < -0.3 is 15.5 Å². The van der Waals surface area contributed by atoms with E-state index in [1.807, 2.05) is 11.0 Å². The minimum atomic E-state index is -0.238. The molecule has 1 saturated carbocycles. The Morgan fingerprint density at radius 3 is 2.63 bits per heavy atom. The molecule has 0 spiro atoms. The largest absolute Gasteiger partial charge is 0.356 e. The van der Waals surface area contributed by atoms with E-state index in [9.17, 15) is 9.18 Å². The number of nitrogens with zero attached hydrogens (tertiary/aromatic N) is 2. The molecule has 1 aromatic carbocycles. The minimum absolute atomic E-state index is 0. The van der Waals surface area contributed by atoms with Crippen LogP contribution in [0.3, 0.4) is 0 Å². The molecule has 1 aliphatic carbocycles. The van der Waals surface area contributed by atoms with Crippen LogP contribution in [0, 0.1) is 11.7 Å². The van der Waals surface area contributed by atoms with E-state index in [0.29, 0.717) is 12.5 Å². The van der Waals surface area contributed by atoms with Gasteiger partial charge in [-0.25, -0.2) is 4.39 Å². The van der Waals surface area contributed by atoms with Crippen molar-refractivity contribution >= 4 is 35.8 Å². The van der Waals surface area contributed by atoms with Crippen molar-refractivity contribution in [2.75, 3.05) is 26.7 Å². The van der Waals surface area contributed by atoms with Crippen LogP contribution in [-0.2, 0) is 10.2 Å². The number of hydrogen-bond donors (Lipinski definition) is 2. The molecular weight excluding hydrogens is 494 g/mol. The highest BCUT2D eigenvalue weighted by Crippen LogP contribution is 2.27. The van der Waals surface area contributed by atoms with E-state index in [4.69, 9.17) is 0 Å². The van der Waals surface area contributed by atoms with E-state index in [2.05, 4.69) is 29.5 Å². The number of likely N-dealkylation sites (tertiary alicyclic amines) is 1. The van der Waals surface area contributed by atoms with Gasteiger partial charge in [-0.05, 0) is 37.0 Å². The molecule has 1 aromatic rings. The summed E-state index contributed by atoms with van der Waals surface area (Å²) in [6.45, 7) is 6.36. The van der Waals surface area contributed by atoms with Gasteiger partial charge >= 0.3 is 0 Å². The van der Waals surface area contributed by atoms with Crippen LogP contribution >= 0.6 is 24.0 Å². The predicted octanol–water partition coefficient (Wildman–Crippen LogP) is 4.07. The zero-order valence-corrected chi connectivity index (χ0v) is 20.7. The summed E-state index contributed by atoms with van der Waals surface area (Å²) in [5, 5.41) is 6.83. The smallest absolute Gasteiger partial charge is 0.225 e. The van der Waals surface area contributed by atoms with Crippen molar-refractivity contribution in [3.05, 3.63) is 35.6 Å². The number of carbonyl (C=O) groups excluding carboxylic acids is 1. The van der Waals surface area contributed by atoms with Gasteiger partial charge in [0.05, 0.1) is 0 Å². The lowest BCUT2D eigenvalue weighted by molar-refractivity contribution is -0.135. The molecule has 3 rings (SSSR count). The number of benzene rings is 1. The Kier molecular flexibility index (Phi) is 9.37. The fraction of sp³-hybridized carbons (Fsp3) is 0.652. The Morgan fingerprint density at radius 1 is 1.23 bits per heavy atom. The lowest BCUT2D eigenvalue weighted by Gasteiger charge is -2.28. The van der Waals surface area contributed by atoms with Crippen LogP contribution < -0.4 is 10.6 Å². The summed E-state index contributed by atoms with van der Waals surface area (Å²) in [5.41, 5.74) is 0.712. The number of amides is 1. The maximum Gasteiger partial charge on any atom is 0.225 e. The van der Waals surface area contributed by atoms with Gasteiger partial charge in [0.15, 0.2) is 5.96 Å². The zero-order chi connectivity index (χ0) is 20.9. The van der Waals surface area contributed by atoms with E-state index >= 15 is 0 Å². The van der Waals surface area contributed by atoms with Crippen LogP contribution in [0.2, 0.25) is 0 Å². The summed E-state index contributed by atoms with van der Waals surface area (Å²) in [6, 6.07) is 6.96. The minimum Gasteiger partial charge on any atom is -0.356 e. The maximum absolute atomic E-state index is 13.6. The van der Waals surface area contributed by atoms with Crippen molar-refractivity contribution in [1.29, 1.82) is 0 Å². The number of nitrogens with one attached hydrogen (secondary N) is 2. The average Bonchev–Trinajstić information content (AvgIpc) is 3.19. The Bertz CT molecular complexity index is 734. The van der Waals surface area contributed by atoms with Crippen LogP contribution in [0.5, 0.6) is 0 Å². The highest BCUT2D eigenvalue weighted by atomic mass is 127. The summed E-state index contributed by atoms with van der Waals surface area (Å²) in [6.07, 6.45) is 6.67. The highest BCUT2D eigenvalue weighted by molar-refractivity contribution is 14.0. The van der Waals surface area contributed by atoms with Gasteiger partial charge in [0.25, 0.3) is 0 Å². The molecule has 168 valence electrons. The molecule has 7 heteroatoms. The van der Waals surface area contributed by atoms with Crippen molar-refractivity contribution in [2.24, 2.45) is 10.9 Å². The summed E-state index contributed by atoms with van der Waals surface area (Å²) in [7, 11) is 1.75. The van der Waals surface area contributed by atoms with Gasteiger partial charge in [0.1, 0.15) is 5.82 Å². The molecule has 5 nitrogen and oxygen atoms in total. The number of guanidine groups is 1. The fourth-order valence-electron chi connectivity index (χ4n) is 4.39. The molecule has 1 unspecified atom stereocenters. The van der Waals surface area contributed by atoms with Gasteiger partial charge in [-0.2, -0.15) is 0 Å². The molecule has 1 amide bonds. The Hall–Kier alpha value is -1.38. The van der Waals surface area contributed by atoms with E-state index < -0.39 is 0 Å². The third kappa shape index (κ3) is 6.56. The number of halogens is 2.